The lowest BCUT2D eigenvalue weighted by Gasteiger charge is -2.22. The van der Waals surface area contributed by atoms with Crippen molar-refractivity contribution in [1.29, 1.82) is 10.5 Å². The van der Waals surface area contributed by atoms with E-state index in [2.05, 4.69) is 12.1 Å². The highest BCUT2D eigenvalue weighted by atomic mass is 19.4. The van der Waals surface area contributed by atoms with E-state index < -0.39 is 11.7 Å². The zero-order chi connectivity index (χ0) is 35.6. The summed E-state index contributed by atoms with van der Waals surface area (Å²) in [6.07, 6.45) is -4.79. The third-order valence-corrected chi connectivity index (χ3v) is 9.60. The predicted octanol–water partition coefficient (Wildman–Crippen LogP) is 11.4. The van der Waals surface area contributed by atoms with Crippen molar-refractivity contribution in [2.75, 3.05) is 0 Å². The van der Waals surface area contributed by atoms with Crippen molar-refractivity contribution in [3.8, 4) is 46.0 Å². The first-order chi connectivity index (χ1) is 25.3. The third-order valence-electron chi connectivity index (χ3n) is 9.60. The number of nitrogens with zero attached hydrogens (tertiary/aromatic N) is 5. The quantitative estimate of drug-likeness (QED) is 0.186. The van der Waals surface area contributed by atoms with Crippen molar-refractivity contribution < 1.29 is 13.2 Å². The molecule has 0 fully saturated rings. The number of hydrogen-bond donors (Lipinski definition) is 0. The lowest BCUT2D eigenvalue weighted by Crippen LogP contribution is -2.13. The van der Waals surface area contributed by atoms with Gasteiger partial charge < -0.3 is 9.13 Å². The van der Waals surface area contributed by atoms with E-state index >= 15 is 13.2 Å². The van der Waals surface area contributed by atoms with Crippen LogP contribution in [0.1, 0.15) is 16.7 Å². The molecule has 3 heterocycles. The van der Waals surface area contributed by atoms with Gasteiger partial charge in [0.15, 0.2) is 0 Å². The van der Waals surface area contributed by atoms with Crippen LogP contribution in [0.4, 0.5) is 13.2 Å². The molecule has 52 heavy (non-hydrogen) atoms. The van der Waals surface area contributed by atoms with Crippen LogP contribution >= 0.6 is 0 Å². The van der Waals surface area contributed by atoms with Gasteiger partial charge in [0.25, 0.3) is 0 Å². The summed E-state index contributed by atoms with van der Waals surface area (Å²) in [4.78, 5) is 5.04. The van der Waals surface area contributed by atoms with Crippen LogP contribution in [0.3, 0.4) is 0 Å². The van der Waals surface area contributed by atoms with E-state index in [1.54, 1.807) is 63.7 Å². The van der Waals surface area contributed by atoms with Gasteiger partial charge in [0.05, 0.1) is 73.7 Å². The van der Waals surface area contributed by atoms with Crippen molar-refractivity contribution in [2.24, 2.45) is 0 Å². The fourth-order valence-corrected chi connectivity index (χ4v) is 7.33. The zero-order valence-electron chi connectivity index (χ0n) is 27.2. The molecule has 0 unspecified atom stereocenters. The van der Waals surface area contributed by atoms with Gasteiger partial charge in [-0.2, -0.15) is 23.7 Å². The minimum atomic E-state index is -4.79. The summed E-state index contributed by atoms with van der Waals surface area (Å²) in [5.41, 5.74) is 4.77. The van der Waals surface area contributed by atoms with Gasteiger partial charge >= 0.3 is 6.18 Å². The number of aromatic nitrogens is 3. The Morgan fingerprint density at radius 2 is 1.00 bits per heavy atom. The van der Waals surface area contributed by atoms with Crippen LogP contribution in [-0.4, -0.2) is 14.1 Å². The number of benzene rings is 6. The summed E-state index contributed by atoms with van der Waals surface area (Å²) < 4.78 is 50.3. The van der Waals surface area contributed by atoms with Gasteiger partial charge in [0, 0.05) is 32.7 Å². The summed E-state index contributed by atoms with van der Waals surface area (Å²) in [7, 11) is 0. The fourth-order valence-electron chi connectivity index (χ4n) is 7.33. The van der Waals surface area contributed by atoms with E-state index in [-0.39, 0.29) is 11.4 Å². The SMILES string of the molecule is N#Cc1ccc2c3ccccc3n(-c3cc(C(F)(F)F)c(-n4c5ccccc5c5ccc(C#N)cc54)cc3-c3cccc(-c4ccccc4)n3)c2c1. The van der Waals surface area contributed by atoms with E-state index in [0.29, 0.717) is 50.1 Å². The molecule has 0 spiro atoms. The van der Waals surface area contributed by atoms with Crippen molar-refractivity contribution in [3.05, 3.63) is 162 Å². The summed E-state index contributed by atoms with van der Waals surface area (Å²) in [5.74, 6) is 0. The summed E-state index contributed by atoms with van der Waals surface area (Å²) in [6, 6.07) is 47.4. The number of nitriles is 2. The highest BCUT2D eigenvalue weighted by molar-refractivity contribution is 6.11. The summed E-state index contributed by atoms with van der Waals surface area (Å²) in [5, 5.41) is 22.8. The lowest BCUT2D eigenvalue weighted by atomic mass is 10.0. The van der Waals surface area contributed by atoms with Crippen molar-refractivity contribution in [1.82, 2.24) is 14.1 Å². The smallest absolute Gasteiger partial charge is 0.309 e. The number of hydrogen-bond acceptors (Lipinski definition) is 3. The topological polar surface area (TPSA) is 70.3 Å². The Morgan fingerprint density at radius 3 is 1.58 bits per heavy atom. The average Bonchev–Trinajstić information content (AvgIpc) is 3.69. The van der Waals surface area contributed by atoms with Crippen LogP contribution in [0, 0.1) is 22.7 Å². The van der Waals surface area contributed by atoms with Gasteiger partial charge in [-0.25, -0.2) is 4.98 Å². The van der Waals surface area contributed by atoms with E-state index in [0.717, 1.165) is 27.1 Å². The minimum absolute atomic E-state index is 0.0991. The lowest BCUT2D eigenvalue weighted by molar-refractivity contribution is -0.137. The molecule has 0 aliphatic carbocycles. The number of halogens is 3. The Bertz CT molecular complexity index is 2980. The maximum absolute atomic E-state index is 15.6. The molecule has 0 aliphatic rings. The van der Waals surface area contributed by atoms with E-state index in [4.69, 9.17) is 4.98 Å². The summed E-state index contributed by atoms with van der Waals surface area (Å²) >= 11 is 0. The van der Waals surface area contributed by atoms with Gasteiger partial charge in [0.1, 0.15) is 0 Å². The maximum atomic E-state index is 15.6. The zero-order valence-corrected chi connectivity index (χ0v) is 27.2. The van der Waals surface area contributed by atoms with Gasteiger partial charge in [-0.3, -0.25) is 0 Å². The van der Waals surface area contributed by atoms with Crippen LogP contribution in [0.5, 0.6) is 0 Å². The summed E-state index contributed by atoms with van der Waals surface area (Å²) in [6.45, 7) is 0. The van der Waals surface area contributed by atoms with Gasteiger partial charge in [-0.1, -0.05) is 84.9 Å². The average molecular weight is 680 g/mol. The molecule has 8 heteroatoms. The van der Waals surface area contributed by atoms with Crippen LogP contribution < -0.4 is 0 Å². The molecular weight excluding hydrogens is 656 g/mol. The minimum Gasteiger partial charge on any atom is -0.309 e. The highest BCUT2D eigenvalue weighted by Crippen LogP contribution is 2.45. The van der Waals surface area contributed by atoms with Gasteiger partial charge in [-0.05, 0) is 60.7 Å². The van der Waals surface area contributed by atoms with E-state index in [1.165, 1.54) is 6.07 Å². The molecule has 0 radical (unpaired) electrons. The van der Waals surface area contributed by atoms with Crippen molar-refractivity contribution in [3.63, 3.8) is 0 Å². The maximum Gasteiger partial charge on any atom is 0.418 e. The van der Waals surface area contributed by atoms with Gasteiger partial charge in [-0.15, -0.1) is 0 Å². The monoisotopic (exact) mass is 679 g/mol. The first-order valence-electron chi connectivity index (χ1n) is 16.5. The van der Waals surface area contributed by atoms with Crippen molar-refractivity contribution >= 4 is 43.6 Å². The molecule has 6 aromatic carbocycles. The Hall–Kier alpha value is -7.16. The Morgan fingerprint density at radius 1 is 0.481 bits per heavy atom. The van der Waals surface area contributed by atoms with E-state index in [1.807, 2.05) is 84.9 Å². The third kappa shape index (κ3) is 4.81. The van der Waals surface area contributed by atoms with Crippen LogP contribution in [0.2, 0.25) is 0 Å². The van der Waals surface area contributed by atoms with Crippen molar-refractivity contribution in [2.45, 2.75) is 6.18 Å². The molecule has 9 aromatic rings. The number of pyridine rings is 1. The first kappa shape index (κ1) is 30.9. The predicted molar refractivity (Wildman–Crippen MR) is 198 cm³/mol. The normalized spacial score (nSPS) is 11.7. The molecule has 0 amide bonds. The second-order valence-electron chi connectivity index (χ2n) is 12.6. The largest absolute Gasteiger partial charge is 0.418 e. The van der Waals surface area contributed by atoms with Crippen LogP contribution in [0.15, 0.2) is 146 Å². The Balaban J connectivity index is 1.46. The standard InChI is InChI=1S/C44H24F3N5/c45-44(46,47)35-24-42(51-38-15-6-4-11-30(38)32-19-17-27(25-48)21-40(32)51)34(37-14-8-13-36(50-37)29-9-2-1-3-10-29)23-43(35)52-39-16-7-5-12-31(39)33-20-18-28(26-49)22-41(33)52/h1-24H. The molecule has 5 nitrogen and oxygen atoms in total. The molecule has 0 aliphatic heterocycles. The molecule has 0 saturated heterocycles. The van der Waals surface area contributed by atoms with Crippen LogP contribution in [0.25, 0.3) is 77.5 Å². The Kier molecular flexibility index (Phi) is 6.96. The molecule has 0 N–H and O–H groups in total. The fraction of sp³-hybridized carbons (Fsp3) is 0.0227. The Labute approximate surface area is 295 Å². The molecule has 9 rings (SSSR count). The van der Waals surface area contributed by atoms with E-state index in [9.17, 15) is 10.5 Å². The number of rotatable bonds is 4. The molecule has 0 atom stereocenters. The molecular formula is C44H24F3N5. The number of para-hydroxylation sites is 2. The van der Waals surface area contributed by atoms with Gasteiger partial charge in [0.2, 0.25) is 0 Å². The first-order valence-corrected chi connectivity index (χ1v) is 16.5. The molecule has 3 aromatic heterocycles. The van der Waals surface area contributed by atoms with Crippen LogP contribution in [-0.2, 0) is 6.18 Å². The number of fused-ring (bicyclic) bond motifs is 6. The number of alkyl halides is 3. The molecule has 0 bridgehead atoms. The molecule has 0 saturated carbocycles. The second-order valence-corrected chi connectivity index (χ2v) is 12.6. The second kappa shape index (κ2) is 11.7. The highest BCUT2D eigenvalue weighted by Gasteiger charge is 2.37. The molecule has 246 valence electrons.